The van der Waals surface area contributed by atoms with E-state index in [2.05, 4.69) is 58.6 Å². The summed E-state index contributed by atoms with van der Waals surface area (Å²) in [6.45, 7) is 11.6. The van der Waals surface area contributed by atoms with Crippen molar-refractivity contribution in [2.75, 3.05) is 12.2 Å². The van der Waals surface area contributed by atoms with Gasteiger partial charge in [0.1, 0.15) is 0 Å². The highest BCUT2D eigenvalue weighted by Crippen LogP contribution is 2.49. The summed E-state index contributed by atoms with van der Waals surface area (Å²) in [5.41, 5.74) is 2.61. The second-order valence-electron chi connectivity index (χ2n) is 4.96. The van der Waals surface area contributed by atoms with Crippen LogP contribution in [0.4, 0.5) is 0 Å². The van der Waals surface area contributed by atoms with E-state index in [0.29, 0.717) is 5.16 Å². The largest absolute Gasteiger partial charge is 0.121 e. The van der Waals surface area contributed by atoms with Crippen LogP contribution in [-0.2, 0) is 0 Å². The van der Waals surface area contributed by atoms with Crippen LogP contribution in [0.3, 0.4) is 0 Å². The zero-order valence-corrected chi connectivity index (χ0v) is 12.1. The molecule has 1 rings (SSSR count). The Morgan fingerprint density at radius 2 is 1.67 bits per heavy atom. The lowest BCUT2D eigenvalue weighted by Gasteiger charge is -2.27. The van der Waals surface area contributed by atoms with Crippen molar-refractivity contribution in [1.29, 1.82) is 0 Å². The summed E-state index contributed by atoms with van der Waals surface area (Å²) in [5, 5.41) is 0.479. The average molecular weight is 240 g/mol. The third-order valence-electron chi connectivity index (χ3n) is 2.59. The third-order valence-corrected chi connectivity index (χ3v) is 7.55. The lowest BCUT2D eigenvalue weighted by Crippen LogP contribution is -2.11. The normalized spacial score (nSPS) is 13.9. The van der Waals surface area contributed by atoms with E-state index in [1.807, 2.05) is 11.8 Å². The molecule has 0 radical (unpaired) electrons. The van der Waals surface area contributed by atoms with Crippen molar-refractivity contribution in [3.8, 4) is 0 Å². The summed E-state index contributed by atoms with van der Waals surface area (Å²) in [4.78, 5) is 1.40. The zero-order valence-electron chi connectivity index (χ0n) is 10.4. The molecule has 0 fully saturated rings. The van der Waals surface area contributed by atoms with Gasteiger partial charge in [-0.05, 0) is 30.9 Å². The number of thioether (sulfide) groups is 1. The van der Waals surface area contributed by atoms with Crippen LogP contribution in [0.5, 0.6) is 0 Å². The predicted molar refractivity (Wildman–Crippen MR) is 74.5 cm³/mol. The molecule has 0 aliphatic heterocycles. The molecule has 0 spiro atoms. The molecule has 0 amide bonds. The van der Waals surface area contributed by atoms with E-state index in [4.69, 9.17) is 0 Å². The number of hydrogen-bond acceptors (Lipinski definition) is 1. The zero-order chi connectivity index (χ0) is 11.5. The van der Waals surface area contributed by atoms with Gasteiger partial charge in [-0.1, -0.05) is 46.4 Å². The maximum Gasteiger partial charge on any atom is 0.0186 e. The number of hydrogen-bond donors (Lipinski definition) is 0. The first-order valence-electron chi connectivity index (χ1n) is 5.30. The van der Waals surface area contributed by atoms with Crippen molar-refractivity contribution >= 4 is 19.7 Å². The van der Waals surface area contributed by atoms with Crippen molar-refractivity contribution in [2.24, 2.45) is 0 Å². The highest BCUT2D eigenvalue weighted by molar-refractivity contribution is 8.05. The van der Waals surface area contributed by atoms with Crippen LogP contribution in [-0.4, -0.2) is 17.3 Å². The van der Waals surface area contributed by atoms with Crippen molar-refractivity contribution in [3.05, 3.63) is 29.8 Å². The number of aryl methyl sites for hydroxylation is 1. The summed E-state index contributed by atoms with van der Waals surface area (Å²) in [7, 11) is 0.110. The molecule has 0 bridgehead atoms. The van der Waals surface area contributed by atoms with Crippen LogP contribution in [0.25, 0.3) is 0 Å². The van der Waals surface area contributed by atoms with Crippen molar-refractivity contribution < 1.29 is 0 Å². The minimum Gasteiger partial charge on any atom is -0.121 e. The topological polar surface area (TPSA) is 0 Å². The molecule has 0 aliphatic carbocycles. The molecular formula is C13H21PS. The molecule has 1 unspecified atom stereocenters. The molecule has 0 aliphatic rings. The highest BCUT2D eigenvalue weighted by atomic mass is 32.2. The van der Waals surface area contributed by atoms with Gasteiger partial charge >= 0.3 is 0 Å². The van der Waals surface area contributed by atoms with Gasteiger partial charge < -0.3 is 0 Å². The van der Waals surface area contributed by atoms with Crippen LogP contribution >= 0.6 is 19.7 Å². The Morgan fingerprint density at radius 1 is 1.13 bits per heavy atom. The molecule has 0 heterocycles. The molecule has 0 saturated carbocycles. The van der Waals surface area contributed by atoms with Gasteiger partial charge in [0.25, 0.3) is 0 Å². The number of rotatable bonds is 3. The average Bonchev–Trinajstić information content (AvgIpc) is 2.15. The molecule has 1 aromatic carbocycles. The first kappa shape index (κ1) is 13.1. The molecule has 0 nitrogen and oxygen atoms in total. The van der Waals surface area contributed by atoms with Crippen molar-refractivity contribution in [1.82, 2.24) is 0 Å². The first-order valence-corrected chi connectivity index (χ1v) is 8.26. The predicted octanol–water partition coefficient (Wildman–Crippen LogP) is 4.95. The van der Waals surface area contributed by atoms with Gasteiger partial charge in [-0.15, -0.1) is 11.8 Å². The second kappa shape index (κ2) is 5.37. The summed E-state index contributed by atoms with van der Waals surface area (Å²) in [5.74, 6) is 0. The minimum atomic E-state index is 0.110. The van der Waals surface area contributed by atoms with Gasteiger partial charge in [0, 0.05) is 10.4 Å². The molecule has 84 valence electrons. The molecule has 2 heteroatoms. The molecule has 0 saturated heterocycles. The van der Waals surface area contributed by atoms with Gasteiger partial charge in [0.05, 0.1) is 0 Å². The van der Waals surface area contributed by atoms with Crippen molar-refractivity contribution in [3.63, 3.8) is 0 Å². The summed E-state index contributed by atoms with van der Waals surface area (Å²) in [6, 6.07) is 8.84. The van der Waals surface area contributed by atoms with Gasteiger partial charge in [-0.2, -0.15) is 0 Å². The molecule has 0 aromatic heterocycles. The van der Waals surface area contributed by atoms with Crippen LogP contribution in [0.2, 0.25) is 0 Å². The highest BCUT2D eigenvalue weighted by Gasteiger charge is 2.18. The van der Waals surface area contributed by atoms with E-state index in [1.165, 1.54) is 16.0 Å². The molecule has 0 N–H and O–H groups in total. The standard InChI is InChI=1S/C13H21PS/c1-11-6-8-12(9-7-11)15-10-14(5)13(2,3)4/h6-9H,10H2,1-5H3. The first-order chi connectivity index (χ1) is 6.89. The second-order valence-corrected chi connectivity index (χ2v) is 9.49. The fraction of sp³-hybridized carbons (Fsp3) is 0.538. The maximum absolute atomic E-state index is 2.40. The quantitative estimate of drug-likeness (QED) is 0.532. The van der Waals surface area contributed by atoms with Crippen molar-refractivity contribution in [2.45, 2.75) is 37.7 Å². The maximum atomic E-state index is 2.40. The number of benzene rings is 1. The Labute approximate surface area is 99.6 Å². The van der Waals surface area contributed by atoms with Crippen LogP contribution in [0.1, 0.15) is 26.3 Å². The van der Waals surface area contributed by atoms with E-state index in [1.54, 1.807) is 0 Å². The van der Waals surface area contributed by atoms with Gasteiger partial charge in [-0.3, -0.25) is 0 Å². The Kier molecular flexibility index (Phi) is 4.67. The lowest BCUT2D eigenvalue weighted by atomic mass is 10.2. The lowest BCUT2D eigenvalue weighted by molar-refractivity contribution is 0.787. The van der Waals surface area contributed by atoms with E-state index in [9.17, 15) is 0 Å². The Morgan fingerprint density at radius 3 is 2.13 bits per heavy atom. The summed E-state index contributed by atoms with van der Waals surface area (Å²) in [6.07, 6.45) is 0. The van der Waals surface area contributed by atoms with E-state index in [0.717, 1.165) is 0 Å². The Bertz CT molecular complexity index is 297. The van der Waals surface area contributed by atoms with E-state index in [-0.39, 0.29) is 7.92 Å². The molecule has 1 aromatic rings. The van der Waals surface area contributed by atoms with Gasteiger partial charge in [-0.25, -0.2) is 0 Å². The summed E-state index contributed by atoms with van der Waals surface area (Å²) >= 11 is 1.99. The fourth-order valence-corrected chi connectivity index (χ4v) is 4.25. The summed E-state index contributed by atoms with van der Waals surface area (Å²) < 4.78 is 0. The molecule has 15 heavy (non-hydrogen) atoms. The third kappa shape index (κ3) is 4.57. The van der Waals surface area contributed by atoms with E-state index < -0.39 is 0 Å². The Hall–Kier alpha value is -0.0000000000000000555. The molecule has 1 atom stereocenters. The molecular weight excluding hydrogens is 219 g/mol. The smallest absolute Gasteiger partial charge is 0.0186 e. The van der Waals surface area contributed by atoms with Gasteiger partial charge in [0.2, 0.25) is 0 Å². The Balaban J connectivity index is 2.47. The van der Waals surface area contributed by atoms with E-state index >= 15 is 0 Å². The van der Waals surface area contributed by atoms with Crippen LogP contribution in [0, 0.1) is 6.92 Å². The fourth-order valence-electron chi connectivity index (χ4n) is 1.000. The van der Waals surface area contributed by atoms with Crippen LogP contribution < -0.4 is 0 Å². The minimum absolute atomic E-state index is 0.110. The monoisotopic (exact) mass is 240 g/mol. The SMILES string of the molecule is Cc1ccc(SCP(C)C(C)(C)C)cc1. The van der Waals surface area contributed by atoms with Gasteiger partial charge in [0.15, 0.2) is 0 Å². The van der Waals surface area contributed by atoms with Crippen LogP contribution in [0.15, 0.2) is 29.2 Å².